The van der Waals surface area contributed by atoms with Crippen molar-refractivity contribution in [2.24, 2.45) is 11.7 Å². The number of nitrogens with one attached hydrogen (secondary N) is 2. The van der Waals surface area contributed by atoms with Crippen LogP contribution in [0, 0.1) is 5.92 Å². The number of esters is 1. The number of aromatic amines is 2. The van der Waals surface area contributed by atoms with Crippen molar-refractivity contribution in [2.75, 3.05) is 0 Å². The summed E-state index contributed by atoms with van der Waals surface area (Å²) < 4.78 is 5.98. The summed E-state index contributed by atoms with van der Waals surface area (Å²) in [6.45, 7) is 6.15. The van der Waals surface area contributed by atoms with E-state index in [9.17, 15) is 4.79 Å². The summed E-state index contributed by atoms with van der Waals surface area (Å²) in [7, 11) is 0. The van der Waals surface area contributed by atoms with Gasteiger partial charge in [-0.1, -0.05) is 81.3 Å². The second-order valence-corrected chi connectivity index (χ2v) is 10.2. The van der Waals surface area contributed by atoms with E-state index in [1.54, 1.807) is 0 Å². The topological polar surface area (TPSA) is 135 Å². The van der Waals surface area contributed by atoms with Crippen molar-refractivity contribution in [2.45, 2.75) is 65.0 Å². The van der Waals surface area contributed by atoms with E-state index >= 15 is 0 Å². The Morgan fingerprint density at radius 1 is 1.13 bits per heavy atom. The lowest BCUT2D eigenvalue weighted by molar-refractivity contribution is -0.151. The van der Waals surface area contributed by atoms with E-state index in [1.165, 1.54) is 0 Å². The number of unbranched alkanes of at least 4 members (excludes halogenated alkanes) is 1. The van der Waals surface area contributed by atoms with E-state index in [2.05, 4.69) is 37.5 Å². The summed E-state index contributed by atoms with van der Waals surface area (Å²) in [6, 6.07) is 15.3. The molecule has 10 heteroatoms. The molecule has 0 amide bonds. The van der Waals surface area contributed by atoms with E-state index in [-0.39, 0.29) is 5.92 Å². The summed E-state index contributed by atoms with van der Waals surface area (Å²) in [5, 5.41) is 15.0. The van der Waals surface area contributed by atoms with Crippen molar-refractivity contribution < 1.29 is 9.53 Å². The smallest absolute Gasteiger partial charge is 0.323 e. The average Bonchev–Trinajstić information content (AvgIpc) is 3.57. The van der Waals surface area contributed by atoms with Crippen LogP contribution in [-0.4, -0.2) is 42.6 Å². The second kappa shape index (κ2) is 12.8. The molecule has 0 fully saturated rings. The van der Waals surface area contributed by atoms with Gasteiger partial charge in [0.2, 0.25) is 5.82 Å². The van der Waals surface area contributed by atoms with Crippen molar-refractivity contribution in [3.05, 3.63) is 70.8 Å². The minimum atomic E-state index is -0.728. The van der Waals surface area contributed by atoms with E-state index in [0.717, 1.165) is 47.3 Å². The lowest BCUT2D eigenvalue weighted by Gasteiger charge is -2.21. The number of hydrogen-bond donors (Lipinski definition) is 3. The first-order valence-electron chi connectivity index (χ1n) is 13.0. The number of ether oxygens (including phenoxy) is 1. The molecule has 2 heterocycles. The molecule has 0 radical (unpaired) electrons. The fraction of sp³-hybridized carbons (Fsp3) is 0.393. The highest BCUT2D eigenvalue weighted by atomic mass is 35.5. The highest BCUT2D eigenvalue weighted by Gasteiger charge is 2.27. The zero-order chi connectivity index (χ0) is 27.1. The molecule has 2 aromatic heterocycles. The number of aromatic nitrogens is 6. The molecule has 0 bridgehead atoms. The second-order valence-electron chi connectivity index (χ2n) is 9.84. The van der Waals surface area contributed by atoms with Crippen LogP contribution in [0.5, 0.6) is 0 Å². The van der Waals surface area contributed by atoms with E-state index in [0.29, 0.717) is 29.5 Å². The lowest BCUT2D eigenvalue weighted by Crippen LogP contribution is -2.34. The molecule has 0 saturated heterocycles. The van der Waals surface area contributed by atoms with E-state index in [1.807, 2.05) is 62.4 Å². The summed E-state index contributed by atoms with van der Waals surface area (Å²) in [6.07, 6.45) is 2.95. The number of aryl methyl sites for hydroxylation is 1. The maximum Gasteiger partial charge on any atom is 0.323 e. The van der Waals surface area contributed by atoms with Gasteiger partial charge < -0.3 is 15.5 Å². The number of H-pyrrole nitrogens is 2. The predicted molar refractivity (Wildman–Crippen MR) is 147 cm³/mol. The van der Waals surface area contributed by atoms with Crippen molar-refractivity contribution in [3.63, 3.8) is 0 Å². The van der Waals surface area contributed by atoms with Crippen molar-refractivity contribution in [1.82, 2.24) is 30.6 Å². The van der Waals surface area contributed by atoms with Crippen LogP contribution in [0.4, 0.5) is 0 Å². The molecule has 0 aliphatic heterocycles. The molecular formula is C28H34ClN7O2. The van der Waals surface area contributed by atoms with Gasteiger partial charge in [0.05, 0.1) is 5.69 Å². The zero-order valence-electron chi connectivity index (χ0n) is 21.9. The average molecular weight is 536 g/mol. The number of carbonyl (C=O) groups is 1. The monoisotopic (exact) mass is 535 g/mol. The normalized spacial score (nSPS) is 13.0. The first kappa shape index (κ1) is 27.5. The standard InChI is InChI=1S/C28H34ClN7O2/c1-4-5-11-24-31-25(26(29)32-24)23(38-28(37)22(30)14-17(2)3)16-18-12-13-20(19-9-7-6-8-10-19)21(15-18)27-33-35-36-34-27/h6-10,12-13,15,17,22-23H,4-5,11,14,16,30H2,1-3H3,(H,31,32)(H,33,34,35,36)/t22-,23-/m1/s1. The molecule has 0 spiro atoms. The molecule has 2 aromatic carbocycles. The van der Waals surface area contributed by atoms with Crippen molar-refractivity contribution in [3.8, 4) is 22.5 Å². The highest BCUT2D eigenvalue weighted by molar-refractivity contribution is 6.30. The van der Waals surface area contributed by atoms with Gasteiger partial charge in [0.1, 0.15) is 18.0 Å². The van der Waals surface area contributed by atoms with Crippen LogP contribution in [0.15, 0.2) is 48.5 Å². The molecule has 4 rings (SSSR count). The van der Waals surface area contributed by atoms with E-state index < -0.39 is 18.1 Å². The van der Waals surface area contributed by atoms with Crippen LogP contribution in [-0.2, 0) is 22.4 Å². The van der Waals surface area contributed by atoms with Crippen LogP contribution < -0.4 is 5.73 Å². The number of nitrogens with two attached hydrogens (primary N) is 1. The molecule has 0 saturated carbocycles. The molecule has 4 N–H and O–H groups in total. The highest BCUT2D eigenvalue weighted by Crippen LogP contribution is 2.34. The zero-order valence-corrected chi connectivity index (χ0v) is 22.7. The lowest BCUT2D eigenvalue weighted by atomic mass is 9.95. The van der Waals surface area contributed by atoms with Gasteiger partial charge in [-0.25, -0.2) is 4.98 Å². The predicted octanol–water partition coefficient (Wildman–Crippen LogP) is 5.45. The number of carbonyl (C=O) groups excluding carboxylic acids is 1. The molecule has 0 aliphatic carbocycles. The van der Waals surface area contributed by atoms with E-state index in [4.69, 9.17) is 22.1 Å². The Kier molecular flexibility index (Phi) is 9.25. The molecule has 200 valence electrons. The Bertz CT molecular complexity index is 1320. The number of halogens is 1. The summed E-state index contributed by atoms with van der Waals surface area (Å²) in [4.78, 5) is 20.8. The van der Waals surface area contributed by atoms with Crippen LogP contribution in [0.2, 0.25) is 5.15 Å². The number of imidazole rings is 1. The summed E-state index contributed by atoms with van der Waals surface area (Å²) in [5.74, 6) is 1.03. The van der Waals surface area contributed by atoms with Crippen LogP contribution in [0.1, 0.15) is 63.2 Å². The first-order valence-corrected chi connectivity index (χ1v) is 13.4. The summed E-state index contributed by atoms with van der Waals surface area (Å²) in [5.41, 5.74) is 10.4. The molecular weight excluding hydrogens is 502 g/mol. The molecule has 4 aromatic rings. The minimum absolute atomic E-state index is 0.260. The largest absolute Gasteiger partial charge is 0.454 e. The fourth-order valence-corrected chi connectivity index (χ4v) is 4.66. The molecule has 0 unspecified atom stereocenters. The SMILES string of the molecule is CCCCc1nc(Cl)c([C@@H](Cc2ccc(-c3ccccc3)c(-c3nn[nH]n3)c2)OC(=O)[C@H](N)CC(C)C)[nH]1. The minimum Gasteiger partial charge on any atom is -0.454 e. The maximum atomic E-state index is 13.0. The quantitative estimate of drug-likeness (QED) is 0.205. The third-order valence-electron chi connectivity index (χ3n) is 6.29. The van der Waals surface area contributed by atoms with Gasteiger partial charge in [0.15, 0.2) is 5.15 Å². The number of nitrogens with zero attached hydrogens (tertiary/aromatic N) is 4. The number of benzene rings is 2. The number of tetrazole rings is 1. The van der Waals surface area contributed by atoms with Gasteiger partial charge >= 0.3 is 5.97 Å². The third-order valence-corrected chi connectivity index (χ3v) is 6.57. The van der Waals surface area contributed by atoms with Gasteiger partial charge in [0, 0.05) is 18.4 Å². The summed E-state index contributed by atoms with van der Waals surface area (Å²) >= 11 is 6.55. The Hall–Kier alpha value is -3.56. The molecule has 9 nitrogen and oxygen atoms in total. The Labute approximate surface area is 227 Å². The van der Waals surface area contributed by atoms with Gasteiger partial charge in [-0.3, -0.25) is 4.79 Å². The Morgan fingerprint density at radius 2 is 1.92 bits per heavy atom. The molecule has 38 heavy (non-hydrogen) atoms. The van der Waals surface area contributed by atoms with Crippen molar-refractivity contribution >= 4 is 17.6 Å². The molecule has 0 aliphatic rings. The number of hydrogen-bond acceptors (Lipinski definition) is 7. The molecule has 2 atom stereocenters. The van der Waals surface area contributed by atoms with Gasteiger partial charge in [-0.2, -0.15) is 5.21 Å². The third kappa shape index (κ3) is 6.85. The Balaban J connectivity index is 1.69. The van der Waals surface area contributed by atoms with Crippen molar-refractivity contribution in [1.29, 1.82) is 0 Å². The van der Waals surface area contributed by atoms with Crippen LogP contribution in [0.25, 0.3) is 22.5 Å². The Morgan fingerprint density at radius 3 is 2.61 bits per heavy atom. The van der Waals surface area contributed by atoms with Crippen LogP contribution >= 0.6 is 11.6 Å². The first-order chi connectivity index (χ1) is 18.4. The van der Waals surface area contributed by atoms with Gasteiger partial charge in [0.25, 0.3) is 0 Å². The maximum absolute atomic E-state index is 13.0. The van der Waals surface area contributed by atoms with Gasteiger partial charge in [-0.05, 0) is 46.7 Å². The number of rotatable bonds is 12. The fourth-order valence-electron chi connectivity index (χ4n) is 4.39. The van der Waals surface area contributed by atoms with Crippen LogP contribution in [0.3, 0.4) is 0 Å². The van der Waals surface area contributed by atoms with Gasteiger partial charge in [-0.15, -0.1) is 10.2 Å².